The number of hydrogen-bond acceptors (Lipinski definition) is 5. The van der Waals surface area contributed by atoms with E-state index >= 15 is 0 Å². The summed E-state index contributed by atoms with van der Waals surface area (Å²) in [5, 5.41) is 0. The Labute approximate surface area is 116 Å². The molecule has 0 amide bonds. The molecule has 0 unspecified atom stereocenters. The Bertz CT molecular complexity index is 196. The van der Waals surface area contributed by atoms with Gasteiger partial charge in [0.15, 0.2) is 0 Å². The third-order valence-corrected chi connectivity index (χ3v) is 2.48. The zero-order valence-electron chi connectivity index (χ0n) is 12.3. The van der Waals surface area contributed by atoms with Crippen molar-refractivity contribution in [3.05, 3.63) is 0 Å². The van der Waals surface area contributed by atoms with Crippen molar-refractivity contribution in [1.29, 1.82) is 0 Å². The van der Waals surface area contributed by atoms with Crippen molar-refractivity contribution >= 4 is 5.97 Å². The molecule has 0 atom stereocenters. The second kappa shape index (κ2) is 15.4. The van der Waals surface area contributed by atoms with Crippen molar-refractivity contribution in [2.75, 3.05) is 46.8 Å². The number of rotatable bonds is 14. The van der Waals surface area contributed by atoms with Crippen LogP contribution in [0, 0.1) is 0 Å². The fourth-order valence-corrected chi connectivity index (χ4v) is 1.39. The molecule has 114 valence electrons. The van der Waals surface area contributed by atoms with Crippen LogP contribution in [0.1, 0.15) is 39.0 Å². The first-order valence-electron chi connectivity index (χ1n) is 7.11. The fourth-order valence-electron chi connectivity index (χ4n) is 1.39. The molecule has 0 aliphatic carbocycles. The summed E-state index contributed by atoms with van der Waals surface area (Å²) in [7, 11) is 1.64. The molecular weight excluding hydrogens is 248 g/mol. The molecule has 0 rings (SSSR count). The number of unbranched alkanes of at least 4 members (excludes halogenated alkanes) is 2. The van der Waals surface area contributed by atoms with Crippen LogP contribution in [0.15, 0.2) is 0 Å². The van der Waals surface area contributed by atoms with E-state index in [-0.39, 0.29) is 5.97 Å². The molecule has 0 saturated carbocycles. The van der Waals surface area contributed by atoms with Crippen LogP contribution < -0.4 is 0 Å². The molecular formula is C14H28O5. The van der Waals surface area contributed by atoms with E-state index in [0.717, 1.165) is 19.3 Å². The minimum absolute atomic E-state index is 0.129. The molecule has 0 aliphatic heterocycles. The van der Waals surface area contributed by atoms with Crippen LogP contribution in [0.5, 0.6) is 0 Å². The van der Waals surface area contributed by atoms with Crippen LogP contribution in [0.4, 0.5) is 0 Å². The first-order valence-corrected chi connectivity index (χ1v) is 7.11. The summed E-state index contributed by atoms with van der Waals surface area (Å²) in [5.41, 5.74) is 0. The summed E-state index contributed by atoms with van der Waals surface area (Å²) in [6.07, 6.45) is 4.33. The summed E-state index contributed by atoms with van der Waals surface area (Å²) in [6.45, 7) is 5.53. The number of methoxy groups -OCH3 is 1. The number of ether oxygens (including phenoxy) is 4. The second-order valence-corrected chi connectivity index (χ2v) is 4.25. The largest absolute Gasteiger partial charge is 0.466 e. The Morgan fingerprint density at radius 3 is 2.21 bits per heavy atom. The molecule has 0 spiro atoms. The van der Waals surface area contributed by atoms with Gasteiger partial charge in [-0.15, -0.1) is 0 Å². The lowest BCUT2D eigenvalue weighted by molar-refractivity contribution is -0.144. The smallest absolute Gasteiger partial charge is 0.305 e. The quantitative estimate of drug-likeness (QED) is 0.359. The lowest BCUT2D eigenvalue weighted by Gasteiger charge is -2.06. The summed E-state index contributed by atoms with van der Waals surface area (Å²) in [4.78, 5) is 11.3. The van der Waals surface area contributed by atoms with Crippen molar-refractivity contribution in [2.45, 2.75) is 39.0 Å². The zero-order chi connectivity index (χ0) is 14.2. The summed E-state index contributed by atoms with van der Waals surface area (Å²) in [6, 6.07) is 0. The second-order valence-electron chi connectivity index (χ2n) is 4.25. The number of carbonyl (C=O) groups is 1. The predicted octanol–water partition coefficient (Wildman–Crippen LogP) is 2.18. The van der Waals surface area contributed by atoms with Crippen molar-refractivity contribution in [3.63, 3.8) is 0 Å². The summed E-state index contributed by atoms with van der Waals surface area (Å²) < 4.78 is 20.5. The highest BCUT2D eigenvalue weighted by Gasteiger charge is 2.02. The summed E-state index contributed by atoms with van der Waals surface area (Å²) >= 11 is 0. The van der Waals surface area contributed by atoms with Gasteiger partial charge in [0.2, 0.25) is 0 Å². The van der Waals surface area contributed by atoms with Gasteiger partial charge in [0.25, 0.3) is 0 Å². The van der Waals surface area contributed by atoms with Crippen molar-refractivity contribution in [3.8, 4) is 0 Å². The predicted molar refractivity (Wildman–Crippen MR) is 73.2 cm³/mol. The van der Waals surface area contributed by atoms with Crippen LogP contribution in [-0.4, -0.2) is 52.7 Å². The molecule has 5 nitrogen and oxygen atoms in total. The number of esters is 1. The Hall–Kier alpha value is -0.650. The Balaban J connectivity index is 3.10. The van der Waals surface area contributed by atoms with Gasteiger partial charge in [0.1, 0.15) is 0 Å². The van der Waals surface area contributed by atoms with Gasteiger partial charge in [-0.2, -0.15) is 0 Å². The normalized spacial score (nSPS) is 10.6. The average Bonchev–Trinajstić information content (AvgIpc) is 2.42. The van der Waals surface area contributed by atoms with E-state index in [1.165, 1.54) is 0 Å². The SMILES string of the molecule is CCCCCOC(=O)CCCOCCOCCOC. The van der Waals surface area contributed by atoms with E-state index in [1.807, 2.05) is 0 Å². The van der Waals surface area contributed by atoms with Gasteiger partial charge < -0.3 is 18.9 Å². The van der Waals surface area contributed by atoms with Crippen LogP contribution in [0.25, 0.3) is 0 Å². The lowest BCUT2D eigenvalue weighted by Crippen LogP contribution is -2.10. The standard InChI is InChI=1S/C14H28O5/c1-3-4-5-9-19-14(15)7-6-8-17-12-13-18-11-10-16-2/h3-13H2,1-2H3. The molecule has 0 aliphatic rings. The Morgan fingerprint density at radius 1 is 0.842 bits per heavy atom. The van der Waals surface area contributed by atoms with Gasteiger partial charge in [-0.25, -0.2) is 0 Å². The van der Waals surface area contributed by atoms with Gasteiger partial charge in [-0.1, -0.05) is 19.8 Å². The van der Waals surface area contributed by atoms with Crippen LogP contribution in [0.2, 0.25) is 0 Å². The molecule has 0 aromatic carbocycles. The van der Waals surface area contributed by atoms with Gasteiger partial charge in [0.05, 0.1) is 33.0 Å². The van der Waals surface area contributed by atoms with E-state index in [1.54, 1.807) is 7.11 Å². The highest BCUT2D eigenvalue weighted by Crippen LogP contribution is 1.98. The first kappa shape index (κ1) is 18.4. The van der Waals surface area contributed by atoms with Crippen LogP contribution in [-0.2, 0) is 23.7 Å². The minimum Gasteiger partial charge on any atom is -0.466 e. The maximum Gasteiger partial charge on any atom is 0.305 e. The monoisotopic (exact) mass is 276 g/mol. The molecule has 0 bridgehead atoms. The highest BCUT2D eigenvalue weighted by molar-refractivity contribution is 5.69. The Morgan fingerprint density at radius 2 is 1.53 bits per heavy atom. The number of carbonyl (C=O) groups excluding carboxylic acids is 1. The van der Waals surface area contributed by atoms with E-state index < -0.39 is 0 Å². The van der Waals surface area contributed by atoms with Gasteiger partial charge in [-0.05, 0) is 12.8 Å². The zero-order valence-corrected chi connectivity index (χ0v) is 12.3. The molecule has 0 radical (unpaired) electrons. The van der Waals surface area contributed by atoms with Gasteiger partial charge in [-0.3, -0.25) is 4.79 Å². The number of hydrogen-bond donors (Lipinski definition) is 0. The lowest BCUT2D eigenvalue weighted by atomic mass is 10.3. The van der Waals surface area contributed by atoms with Crippen molar-refractivity contribution < 1.29 is 23.7 Å². The van der Waals surface area contributed by atoms with Crippen molar-refractivity contribution in [2.24, 2.45) is 0 Å². The van der Waals surface area contributed by atoms with Gasteiger partial charge >= 0.3 is 5.97 Å². The molecule has 0 N–H and O–H groups in total. The highest BCUT2D eigenvalue weighted by atomic mass is 16.5. The topological polar surface area (TPSA) is 54.0 Å². The molecule has 0 heterocycles. The third kappa shape index (κ3) is 15.3. The summed E-state index contributed by atoms with van der Waals surface area (Å²) in [5.74, 6) is -0.129. The van der Waals surface area contributed by atoms with E-state index in [9.17, 15) is 4.79 Å². The third-order valence-electron chi connectivity index (χ3n) is 2.48. The molecule has 0 aromatic heterocycles. The van der Waals surface area contributed by atoms with E-state index in [2.05, 4.69) is 6.92 Å². The molecule has 0 saturated heterocycles. The van der Waals surface area contributed by atoms with Gasteiger partial charge in [0, 0.05) is 20.1 Å². The fraction of sp³-hybridized carbons (Fsp3) is 0.929. The van der Waals surface area contributed by atoms with E-state index in [0.29, 0.717) is 52.5 Å². The average molecular weight is 276 g/mol. The van der Waals surface area contributed by atoms with Crippen LogP contribution in [0.3, 0.4) is 0 Å². The maximum atomic E-state index is 11.3. The van der Waals surface area contributed by atoms with Crippen molar-refractivity contribution in [1.82, 2.24) is 0 Å². The first-order chi connectivity index (χ1) is 9.31. The minimum atomic E-state index is -0.129. The molecule has 0 aromatic rings. The molecule has 19 heavy (non-hydrogen) atoms. The van der Waals surface area contributed by atoms with E-state index in [4.69, 9.17) is 18.9 Å². The van der Waals surface area contributed by atoms with Crippen LogP contribution >= 0.6 is 0 Å². The molecule has 0 fully saturated rings. The maximum absolute atomic E-state index is 11.3. The Kier molecular flexibility index (Phi) is 14.9. The molecule has 5 heteroatoms.